The number of urea groups is 1. The fraction of sp³-hybridized carbons (Fsp3) is 0.250. The number of aromatic nitrogens is 3. The molecule has 1 aromatic carbocycles. The molecule has 0 unspecified atom stereocenters. The zero-order chi connectivity index (χ0) is 17.8. The van der Waals surface area contributed by atoms with E-state index in [9.17, 15) is 4.79 Å². The first-order chi connectivity index (χ1) is 12.0. The van der Waals surface area contributed by atoms with Gasteiger partial charge < -0.3 is 14.5 Å². The van der Waals surface area contributed by atoms with E-state index in [1.54, 1.807) is 7.11 Å². The molecule has 3 rings (SSSR count). The Balaban J connectivity index is 1.57. The normalized spacial score (nSPS) is 10.5. The summed E-state index contributed by atoms with van der Waals surface area (Å²) in [4.78, 5) is 17.1. The molecule has 2 amide bonds. The molecular formula is C16H17N5O3S. The van der Waals surface area contributed by atoms with Gasteiger partial charge in [-0.3, -0.25) is 5.32 Å². The molecule has 2 aromatic heterocycles. The molecule has 0 radical (unpaired) electrons. The molecule has 3 aromatic rings. The highest BCUT2D eigenvalue weighted by atomic mass is 32.1. The average molecular weight is 359 g/mol. The van der Waals surface area contributed by atoms with E-state index >= 15 is 0 Å². The second-order valence-corrected chi connectivity index (χ2v) is 6.42. The lowest BCUT2D eigenvalue weighted by atomic mass is 10.2. The molecule has 9 heteroatoms. The molecule has 0 aliphatic heterocycles. The number of methoxy groups -OCH3 is 1. The first-order valence-corrected chi connectivity index (χ1v) is 8.32. The third-order valence-electron chi connectivity index (χ3n) is 3.36. The van der Waals surface area contributed by atoms with E-state index in [1.165, 1.54) is 11.3 Å². The van der Waals surface area contributed by atoms with Crippen LogP contribution in [-0.2, 0) is 6.54 Å². The lowest BCUT2D eigenvalue weighted by molar-refractivity contribution is 0.251. The number of nitrogens with zero attached hydrogens (tertiary/aromatic N) is 3. The van der Waals surface area contributed by atoms with Crippen molar-refractivity contribution in [2.75, 3.05) is 12.4 Å². The van der Waals surface area contributed by atoms with Crippen molar-refractivity contribution in [1.82, 2.24) is 20.5 Å². The Bertz CT molecular complexity index is 872. The third-order valence-corrected chi connectivity index (χ3v) is 4.42. The standard InChI is InChI=1S/C16H17N5O3S/c1-9-13(25-10(2)18-9)14-20-21-16(24-14)19-15(22)17-8-11-4-6-12(23-3)7-5-11/h4-7H,8H2,1-3H3,(H2,17,19,21,22). The van der Waals surface area contributed by atoms with Gasteiger partial charge in [0.15, 0.2) is 0 Å². The van der Waals surface area contributed by atoms with Crippen molar-refractivity contribution in [3.8, 4) is 16.5 Å². The summed E-state index contributed by atoms with van der Waals surface area (Å²) >= 11 is 1.46. The molecule has 0 aliphatic carbocycles. The van der Waals surface area contributed by atoms with E-state index in [2.05, 4.69) is 25.8 Å². The second-order valence-electron chi connectivity index (χ2n) is 5.22. The maximum atomic E-state index is 11.9. The topological polar surface area (TPSA) is 102 Å². The molecule has 0 fully saturated rings. The van der Waals surface area contributed by atoms with E-state index in [4.69, 9.17) is 9.15 Å². The van der Waals surface area contributed by atoms with E-state index in [-0.39, 0.29) is 6.01 Å². The largest absolute Gasteiger partial charge is 0.497 e. The minimum atomic E-state index is -0.428. The molecule has 2 heterocycles. The van der Waals surface area contributed by atoms with Gasteiger partial charge in [0.25, 0.3) is 5.89 Å². The van der Waals surface area contributed by atoms with Gasteiger partial charge in [-0.25, -0.2) is 9.78 Å². The molecule has 0 saturated heterocycles. The number of thiazole rings is 1. The van der Waals surface area contributed by atoms with Crippen LogP contribution in [0.3, 0.4) is 0 Å². The third kappa shape index (κ3) is 4.13. The summed E-state index contributed by atoms with van der Waals surface area (Å²) in [7, 11) is 1.61. The summed E-state index contributed by atoms with van der Waals surface area (Å²) in [6.07, 6.45) is 0. The second kappa shape index (κ2) is 7.31. The Morgan fingerprint density at radius 3 is 2.64 bits per heavy atom. The molecule has 0 saturated carbocycles. The predicted octanol–water partition coefficient (Wildman–Crippen LogP) is 3.14. The Morgan fingerprint density at radius 1 is 1.24 bits per heavy atom. The predicted molar refractivity (Wildman–Crippen MR) is 93.7 cm³/mol. The van der Waals surface area contributed by atoms with Gasteiger partial charge in [-0.2, -0.15) is 0 Å². The van der Waals surface area contributed by atoms with Gasteiger partial charge in [0.1, 0.15) is 10.6 Å². The van der Waals surface area contributed by atoms with Crippen LogP contribution in [0.2, 0.25) is 0 Å². The summed E-state index contributed by atoms with van der Waals surface area (Å²) in [6.45, 7) is 4.14. The number of carbonyl (C=O) groups is 1. The van der Waals surface area contributed by atoms with Crippen LogP contribution in [0.4, 0.5) is 10.8 Å². The number of ether oxygens (including phenoxy) is 1. The van der Waals surface area contributed by atoms with E-state index in [0.717, 1.165) is 26.9 Å². The van der Waals surface area contributed by atoms with Crippen LogP contribution in [0.5, 0.6) is 5.75 Å². The number of rotatable bonds is 5. The molecule has 0 aliphatic rings. The van der Waals surface area contributed by atoms with Crippen LogP contribution in [-0.4, -0.2) is 28.3 Å². The van der Waals surface area contributed by atoms with Crippen LogP contribution in [0.1, 0.15) is 16.3 Å². The van der Waals surface area contributed by atoms with Gasteiger partial charge in [-0.05, 0) is 31.5 Å². The van der Waals surface area contributed by atoms with Crippen molar-refractivity contribution in [1.29, 1.82) is 0 Å². The molecular weight excluding hydrogens is 342 g/mol. The highest BCUT2D eigenvalue weighted by Crippen LogP contribution is 2.29. The summed E-state index contributed by atoms with van der Waals surface area (Å²) in [5, 5.41) is 13.9. The summed E-state index contributed by atoms with van der Waals surface area (Å²) < 4.78 is 10.6. The van der Waals surface area contributed by atoms with Crippen molar-refractivity contribution >= 4 is 23.4 Å². The van der Waals surface area contributed by atoms with Crippen LogP contribution in [0.25, 0.3) is 10.8 Å². The number of nitrogens with one attached hydrogen (secondary N) is 2. The molecule has 25 heavy (non-hydrogen) atoms. The van der Waals surface area contributed by atoms with Crippen LogP contribution < -0.4 is 15.4 Å². The summed E-state index contributed by atoms with van der Waals surface area (Å²) in [5.41, 5.74) is 1.76. The average Bonchev–Trinajstić information content (AvgIpc) is 3.19. The lowest BCUT2D eigenvalue weighted by Gasteiger charge is -2.05. The van der Waals surface area contributed by atoms with Gasteiger partial charge >= 0.3 is 12.0 Å². The van der Waals surface area contributed by atoms with E-state index in [0.29, 0.717) is 12.4 Å². The number of carbonyl (C=O) groups excluding carboxylic acids is 1. The molecule has 2 N–H and O–H groups in total. The number of amides is 2. The number of benzene rings is 1. The SMILES string of the molecule is COc1ccc(CNC(=O)Nc2nnc(-c3sc(C)nc3C)o2)cc1. The van der Waals surface area contributed by atoms with Crippen LogP contribution in [0.15, 0.2) is 28.7 Å². The summed E-state index contributed by atoms with van der Waals surface area (Å²) in [6, 6.07) is 7.02. The molecule has 8 nitrogen and oxygen atoms in total. The number of hydrogen-bond acceptors (Lipinski definition) is 7. The van der Waals surface area contributed by atoms with Crippen LogP contribution in [0, 0.1) is 13.8 Å². The Kier molecular flexibility index (Phi) is 4.94. The van der Waals surface area contributed by atoms with Gasteiger partial charge in [0.2, 0.25) is 0 Å². The van der Waals surface area contributed by atoms with Crippen molar-refractivity contribution in [2.45, 2.75) is 20.4 Å². The molecule has 0 spiro atoms. The minimum Gasteiger partial charge on any atom is -0.497 e. The number of aryl methyl sites for hydroxylation is 2. The smallest absolute Gasteiger partial charge is 0.324 e. The summed E-state index contributed by atoms with van der Waals surface area (Å²) in [5.74, 6) is 1.11. The molecule has 0 atom stereocenters. The molecule has 0 bridgehead atoms. The highest BCUT2D eigenvalue weighted by Gasteiger charge is 2.16. The van der Waals surface area contributed by atoms with Crippen molar-refractivity contribution in [3.05, 3.63) is 40.5 Å². The lowest BCUT2D eigenvalue weighted by Crippen LogP contribution is -2.28. The fourth-order valence-corrected chi connectivity index (χ4v) is 3.00. The number of anilines is 1. The van der Waals surface area contributed by atoms with E-state index in [1.807, 2.05) is 38.1 Å². The van der Waals surface area contributed by atoms with Gasteiger partial charge in [0, 0.05) is 6.54 Å². The monoisotopic (exact) mass is 359 g/mol. The van der Waals surface area contributed by atoms with E-state index < -0.39 is 6.03 Å². The molecule has 130 valence electrons. The quantitative estimate of drug-likeness (QED) is 0.725. The first-order valence-electron chi connectivity index (χ1n) is 7.51. The maximum Gasteiger partial charge on any atom is 0.324 e. The number of hydrogen-bond donors (Lipinski definition) is 2. The zero-order valence-electron chi connectivity index (χ0n) is 14.0. The van der Waals surface area contributed by atoms with Crippen molar-refractivity contribution in [2.24, 2.45) is 0 Å². The highest BCUT2D eigenvalue weighted by molar-refractivity contribution is 7.15. The zero-order valence-corrected chi connectivity index (χ0v) is 14.8. The fourth-order valence-electron chi connectivity index (χ4n) is 2.16. The Hall–Kier alpha value is -2.94. The van der Waals surface area contributed by atoms with Gasteiger partial charge in [0.05, 0.1) is 17.8 Å². The first kappa shape index (κ1) is 16.9. The maximum absolute atomic E-state index is 11.9. The van der Waals surface area contributed by atoms with Gasteiger partial charge in [-0.15, -0.1) is 16.4 Å². The minimum absolute atomic E-state index is 0.0349. The van der Waals surface area contributed by atoms with Crippen molar-refractivity contribution < 1.29 is 13.9 Å². The Morgan fingerprint density at radius 2 is 2.00 bits per heavy atom. The van der Waals surface area contributed by atoms with Gasteiger partial charge in [-0.1, -0.05) is 17.2 Å². The van der Waals surface area contributed by atoms with Crippen LogP contribution >= 0.6 is 11.3 Å². The van der Waals surface area contributed by atoms with Crippen molar-refractivity contribution in [3.63, 3.8) is 0 Å². The Labute approximate surface area is 148 Å².